The van der Waals surface area contributed by atoms with Gasteiger partial charge < -0.3 is 20.1 Å². The first-order valence-corrected chi connectivity index (χ1v) is 5.47. The number of aromatic hydroxyl groups is 2. The van der Waals surface area contributed by atoms with E-state index in [-0.39, 0.29) is 5.75 Å². The van der Waals surface area contributed by atoms with Gasteiger partial charge in [0.2, 0.25) is 11.6 Å². The summed E-state index contributed by atoms with van der Waals surface area (Å²) in [5.41, 5.74) is -1.77. The number of allylic oxidation sites excluding steroid dienone is 1. The van der Waals surface area contributed by atoms with Gasteiger partial charge in [0.1, 0.15) is 17.1 Å². The molecule has 2 rings (SSSR count). The maximum Gasteiger partial charge on any atom is 0.241 e. The van der Waals surface area contributed by atoms with Gasteiger partial charge in [-0.25, -0.2) is 0 Å². The predicted octanol–water partition coefficient (Wildman–Crippen LogP) is 0.730. The number of aliphatic hydroxyl groups is 1. The minimum Gasteiger partial charge on any atom is -0.507 e. The van der Waals surface area contributed by atoms with Gasteiger partial charge in [0.05, 0.1) is 18.2 Å². The van der Waals surface area contributed by atoms with Gasteiger partial charge in [-0.05, 0) is 6.92 Å². The molecule has 0 bridgehead atoms. The molecule has 0 heterocycles. The van der Waals surface area contributed by atoms with Crippen LogP contribution >= 0.6 is 0 Å². The molecule has 1 aromatic rings. The normalized spacial score (nSPS) is 14.3. The number of methoxy groups -OCH3 is 1. The maximum absolute atomic E-state index is 11.9. The molecule has 0 fully saturated rings. The van der Waals surface area contributed by atoms with E-state index in [4.69, 9.17) is 4.74 Å². The second-order valence-electron chi connectivity index (χ2n) is 4.13. The summed E-state index contributed by atoms with van der Waals surface area (Å²) in [5, 5.41) is 29.6. The molecule has 3 N–H and O–H groups in total. The Kier molecular flexibility index (Phi) is 2.97. The van der Waals surface area contributed by atoms with Gasteiger partial charge >= 0.3 is 0 Å². The van der Waals surface area contributed by atoms with Crippen LogP contribution < -0.4 is 4.74 Å². The van der Waals surface area contributed by atoms with Gasteiger partial charge in [0.15, 0.2) is 17.3 Å². The topological polar surface area (TPSA) is 121 Å². The molecule has 7 nitrogen and oxygen atoms in total. The van der Waals surface area contributed by atoms with Gasteiger partial charge in [0.25, 0.3) is 0 Å². The molecule has 0 aliphatic heterocycles. The largest absolute Gasteiger partial charge is 0.507 e. The Hall–Kier alpha value is -2.83. The fraction of sp³-hybridized carbons (Fsp3) is 0.154. The van der Waals surface area contributed by atoms with Crippen molar-refractivity contribution in [2.75, 3.05) is 7.11 Å². The Morgan fingerprint density at radius 1 is 1.10 bits per heavy atom. The summed E-state index contributed by atoms with van der Waals surface area (Å²) in [6.45, 7) is 1.00. The highest BCUT2D eigenvalue weighted by Gasteiger charge is 2.39. The molecule has 20 heavy (non-hydrogen) atoms. The molecular formula is C13H10O7. The fourth-order valence-corrected chi connectivity index (χ4v) is 2.04. The molecule has 0 unspecified atom stereocenters. The van der Waals surface area contributed by atoms with Crippen LogP contribution in [0.25, 0.3) is 5.76 Å². The van der Waals surface area contributed by atoms with Crippen LogP contribution in [0.2, 0.25) is 0 Å². The Morgan fingerprint density at radius 2 is 1.70 bits per heavy atom. The average molecular weight is 278 g/mol. The third-order valence-electron chi connectivity index (χ3n) is 2.95. The molecule has 0 aromatic heterocycles. The van der Waals surface area contributed by atoms with E-state index in [2.05, 4.69) is 0 Å². The third-order valence-corrected chi connectivity index (χ3v) is 2.95. The van der Waals surface area contributed by atoms with E-state index in [1.807, 2.05) is 0 Å². The number of ether oxygens (including phenoxy) is 1. The van der Waals surface area contributed by atoms with Crippen LogP contribution in [-0.4, -0.2) is 39.8 Å². The zero-order valence-corrected chi connectivity index (χ0v) is 10.6. The van der Waals surface area contributed by atoms with Gasteiger partial charge in [-0.1, -0.05) is 0 Å². The van der Waals surface area contributed by atoms with E-state index in [1.165, 1.54) is 7.11 Å². The lowest BCUT2D eigenvalue weighted by atomic mass is 9.85. The lowest BCUT2D eigenvalue weighted by Crippen LogP contribution is -2.27. The lowest BCUT2D eigenvalue weighted by Gasteiger charge is -2.19. The summed E-state index contributed by atoms with van der Waals surface area (Å²) in [5.74, 6) is -5.62. The number of fused-ring (bicyclic) bond motifs is 1. The van der Waals surface area contributed by atoms with E-state index < -0.39 is 51.3 Å². The van der Waals surface area contributed by atoms with Crippen molar-refractivity contribution in [2.45, 2.75) is 6.92 Å². The quantitative estimate of drug-likeness (QED) is 0.414. The van der Waals surface area contributed by atoms with Crippen molar-refractivity contribution in [2.24, 2.45) is 0 Å². The Balaban J connectivity index is 2.93. The first-order valence-electron chi connectivity index (χ1n) is 5.47. The molecule has 0 saturated heterocycles. The first-order chi connectivity index (χ1) is 9.31. The number of phenolic OH excluding ortho intramolecular Hbond substituents is 2. The Bertz CT molecular complexity index is 697. The summed E-state index contributed by atoms with van der Waals surface area (Å²) < 4.78 is 4.75. The van der Waals surface area contributed by atoms with Crippen molar-refractivity contribution in [1.29, 1.82) is 0 Å². The SMILES string of the molecule is COc1cc(O)c2c(c1O)C(=O)C(=O)C(C(C)=O)=C2O. The second kappa shape index (κ2) is 4.37. The number of carbonyl (C=O) groups excluding carboxylic acids is 3. The highest BCUT2D eigenvalue weighted by molar-refractivity contribution is 6.57. The molecule has 1 aromatic carbocycles. The summed E-state index contributed by atoms with van der Waals surface area (Å²) in [7, 11) is 1.19. The zero-order valence-electron chi connectivity index (χ0n) is 10.6. The van der Waals surface area contributed by atoms with Crippen molar-refractivity contribution in [3.05, 3.63) is 22.8 Å². The maximum atomic E-state index is 11.9. The van der Waals surface area contributed by atoms with Crippen molar-refractivity contribution in [1.82, 2.24) is 0 Å². The zero-order chi connectivity index (χ0) is 15.2. The first kappa shape index (κ1) is 13.6. The van der Waals surface area contributed by atoms with Crippen molar-refractivity contribution >= 4 is 23.1 Å². The van der Waals surface area contributed by atoms with E-state index in [0.717, 1.165) is 13.0 Å². The average Bonchev–Trinajstić information content (AvgIpc) is 2.37. The van der Waals surface area contributed by atoms with E-state index in [0.29, 0.717) is 0 Å². The highest BCUT2D eigenvalue weighted by Crippen LogP contribution is 2.44. The number of Topliss-reactive ketones (excluding diaryl/α,β-unsaturated/α-hetero) is 3. The molecular weight excluding hydrogens is 268 g/mol. The fourth-order valence-electron chi connectivity index (χ4n) is 2.04. The molecule has 1 aliphatic rings. The van der Waals surface area contributed by atoms with Crippen molar-refractivity contribution in [3.8, 4) is 17.2 Å². The third kappa shape index (κ3) is 1.63. The van der Waals surface area contributed by atoms with E-state index in [1.54, 1.807) is 0 Å². The second-order valence-corrected chi connectivity index (χ2v) is 4.13. The highest BCUT2D eigenvalue weighted by atomic mass is 16.5. The van der Waals surface area contributed by atoms with Crippen LogP contribution in [0.5, 0.6) is 17.2 Å². The molecule has 0 radical (unpaired) electrons. The number of rotatable bonds is 2. The molecule has 1 aliphatic carbocycles. The molecule has 0 spiro atoms. The van der Waals surface area contributed by atoms with Crippen molar-refractivity contribution < 1.29 is 34.4 Å². The Labute approximate surface area is 112 Å². The smallest absolute Gasteiger partial charge is 0.241 e. The number of ketones is 3. The number of hydrogen-bond donors (Lipinski definition) is 3. The van der Waals surface area contributed by atoms with Crippen LogP contribution in [0.3, 0.4) is 0 Å². The monoisotopic (exact) mass is 278 g/mol. The number of phenols is 2. The summed E-state index contributed by atoms with van der Waals surface area (Å²) >= 11 is 0. The van der Waals surface area contributed by atoms with Gasteiger partial charge in [-0.15, -0.1) is 0 Å². The summed E-state index contributed by atoms with van der Waals surface area (Å²) in [4.78, 5) is 35.1. The molecule has 104 valence electrons. The molecule has 0 amide bonds. The van der Waals surface area contributed by atoms with Crippen LogP contribution in [0, 0.1) is 0 Å². The molecule has 0 atom stereocenters. The van der Waals surface area contributed by atoms with E-state index >= 15 is 0 Å². The number of benzene rings is 1. The van der Waals surface area contributed by atoms with Crippen LogP contribution in [0.15, 0.2) is 11.6 Å². The van der Waals surface area contributed by atoms with Crippen molar-refractivity contribution in [3.63, 3.8) is 0 Å². The molecule has 7 heteroatoms. The van der Waals surface area contributed by atoms with E-state index in [9.17, 15) is 29.7 Å². The number of carbonyl (C=O) groups is 3. The van der Waals surface area contributed by atoms with Crippen LogP contribution in [-0.2, 0) is 9.59 Å². The predicted molar refractivity (Wildman–Crippen MR) is 65.9 cm³/mol. The minimum atomic E-state index is -1.24. The molecule has 0 saturated carbocycles. The Morgan fingerprint density at radius 3 is 2.20 bits per heavy atom. The lowest BCUT2D eigenvalue weighted by molar-refractivity contribution is -0.118. The standard InChI is InChI=1S/C13H10O7/c1-4(14)7-11(17)8-5(15)3-6(20-2)10(16)9(8)13(19)12(7)18/h3,15-17H,1-2H3. The minimum absolute atomic E-state index is 0.235. The van der Waals surface area contributed by atoms with Gasteiger partial charge in [-0.2, -0.15) is 0 Å². The number of aliphatic hydroxyl groups excluding tert-OH is 1. The summed E-state index contributed by atoms with van der Waals surface area (Å²) in [6.07, 6.45) is 0. The summed E-state index contributed by atoms with van der Waals surface area (Å²) in [6, 6.07) is 0.964. The van der Waals surface area contributed by atoms with Gasteiger partial charge in [0, 0.05) is 6.07 Å². The van der Waals surface area contributed by atoms with Gasteiger partial charge in [-0.3, -0.25) is 14.4 Å². The number of hydrogen-bond acceptors (Lipinski definition) is 7. The van der Waals surface area contributed by atoms with Crippen LogP contribution in [0.1, 0.15) is 22.8 Å². The van der Waals surface area contributed by atoms with Crippen LogP contribution in [0.4, 0.5) is 0 Å².